The smallest absolute Gasteiger partial charge is 0.341 e. The van der Waals surface area contributed by atoms with Crippen LogP contribution in [-0.4, -0.2) is 19.0 Å². The molecule has 0 unspecified atom stereocenters. The number of amides is 1. The first kappa shape index (κ1) is 16.3. The van der Waals surface area contributed by atoms with Gasteiger partial charge in [0.15, 0.2) is 0 Å². The van der Waals surface area contributed by atoms with E-state index in [4.69, 9.17) is 4.74 Å². The summed E-state index contributed by atoms with van der Waals surface area (Å²) in [4.78, 5) is 25.0. The second-order valence-electron chi connectivity index (χ2n) is 5.81. The van der Waals surface area contributed by atoms with Gasteiger partial charge in [0.1, 0.15) is 10.6 Å². The molecular weight excluding hydrogens is 346 g/mol. The van der Waals surface area contributed by atoms with E-state index in [0.717, 1.165) is 20.9 Å². The SMILES string of the molecule is COC(=O)c1c(NC(=O)c2ccc3ccccc3c2)sc2ccccc12. The van der Waals surface area contributed by atoms with Crippen molar-refractivity contribution in [3.05, 3.63) is 77.9 Å². The van der Waals surface area contributed by atoms with Crippen LogP contribution in [0, 0.1) is 0 Å². The Balaban J connectivity index is 1.73. The van der Waals surface area contributed by atoms with E-state index in [1.807, 2.05) is 60.7 Å². The van der Waals surface area contributed by atoms with E-state index in [-0.39, 0.29) is 5.91 Å². The molecule has 0 atom stereocenters. The third kappa shape index (κ3) is 2.82. The minimum absolute atomic E-state index is 0.257. The van der Waals surface area contributed by atoms with Crippen molar-refractivity contribution in [3.63, 3.8) is 0 Å². The molecule has 3 aromatic carbocycles. The third-order valence-corrected chi connectivity index (χ3v) is 5.31. The Kier molecular flexibility index (Phi) is 4.14. The summed E-state index contributed by atoms with van der Waals surface area (Å²) in [5.74, 6) is -0.719. The molecule has 5 heteroatoms. The largest absolute Gasteiger partial charge is 0.465 e. The fourth-order valence-corrected chi connectivity index (χ4v) is 4.03. The topological polar surface area (TPSA) is 55.4 Å². The predicted octanol–water partition coefficient (Wildman–Crippen LogP) is 5.09. The van der Waals surface area contributed by atoms with Gasteiger partial charge in [0.05, 0.1) is 7.11 Å². The molecule has 0 radical (unpaired) electrons. The Labute approximate surface area is 154 Å². The van der Waals surface area contributed by atoms with E-state index in [0.29, 0.717) is 16.1 Å². The number of benzene rings is 3. The number of methoxy groups -OCH3 is 1. The van der Waals surface area contributed by atoms with Gasteiger partial charge in [-0.3, -0.25) is 4.79 Å². The molecule has 26 heavy (non-hydrogen) atoms. The summed E-state index contributed by atoms with van der Waals surface area (Å²) in [5, 5.41) is 6.21. The summed E-state index contributed by atoms with van der Waals surface area (Å²) in [6.07, 6.45) is 0. The number of thiophene rings is 1. The maximum atomic E-state index is 12.7. The van der Waals surface area contributed by atoms with Gasteiger partial charge in [0.2, 0.25) is 0 Å². The molecule has 0 bridgehead atoms. The lowest BCUT2D eigenvalue weighted by Gasteiger charge is -2.07. The minimum Gasteiger partial charge on any atom is -0.465 e. The summed E-state index contributed by atoms with van der Waals surface area (Å²) < 4.78 is 5.82. The second-order valence-corrected chi connectivity index (χ2v) is 6.86. The van der Waals surface area contributed by atoms with Gasteiger partial charge in [-0.1, -0.05) is 48.5 Å². The zero-order valence-electron chi connectivity index (χ0n) is 14.0. The van der Waals surface area contributed by atoms with E-state index in [9.17, 15) is 9.59 Å². The molecule has 1 N–H and O–H groups in total. The molecule has 0 aliphatic rings. The van der Waals surface area contributed by atoms with Crippen LogP contribution in [0.5, 0.6) is 0 Å². The molecule has 4 aromatic rings. The molecule has 0 saturated carbocycles. The summed E-state index contributed by atoms with van der Waals surface area (Å²) in [5.41, 5.74) is 0.930. The number of esters is 1. The standard InChI is InChI=1S/C21H15NO3S/c1-25-21(24)18-16-8-4-5-9-17(16)26-20(18)22-19(23)15-11-10-13-6-2-3-7-14(13)12-15/h2-12H,1H3,(H,22,23). The van der Waals surface area contributed by atoms with Gasteiger partial charge in [-0.15, -0.1) is 11.3 Å². The van der Waals surface area contributed by atoms with Crippen LogP contribution in [0.3, 0.4) is 0 Å². The van der Waals surface area contributed by atoms with Crippen LogP contribution in [0.25, 0.3) is 20.9 Å². The number of hydrogen-bond donors (Lipinski definition) is 1. The van der Waals surface area contributed by atoms with Gasteiger partial charge >= 0.3 is 5.97 Å². The molecule has 1 heterocycles. The van der Waals surface area contributed by atoms with E-state index >= 15 is 0 Å². The number of fused-ring (bicyclic) bond motifs is 2. The Bertz CT molecular complexity index is 1150. The number of carbonyl (C=O) groups excluding carboxylic acids is 2. The molecule has 0 saturated heterocycles. The van der Waals surface area contributed by atoms with Crippen molar-refractivity contribution in [2.45, 2.75) is 0 Å². The number of nitrogens with one attached hydrogen (secondary N) is 1. The third-order valence-electron chi connectivity index (χ3n) is 4.22. The van der Waals surface area contributed by atoms with Crippen molar-refractivity contribution >= 4 is 49.1 Å². The Morgan fingerprint density at radius 1 is 0.923 bits per heavy atom. The van der Waals surface area contributed by atoms with Crippen molar-refractivity contribution in [2.24, 2.45) is 0 Å². The molecule has 128 valence electrons. The van der Waals surface area contributed by atoms with Crippen molar-refractivity contribution in [1.29, 1.82) is 0 Å². The summed E-state index contributed by atoms with van der Waals surface area (Å²) in [6, 6.07) is 20.9. The molecule has 1 aromatic heterocycles. The zero-order chi connectivity index (χ0) is 18.1. The lowest BCUT2D eigenvalue weighted by molar-refractivity contribution is 0.0604. The van der Waals surface area contributed by atoms with Crippen LogP contribution in [0.15, 0.2) is 66.7 Å². The maximum Gasteiger partial charge on any atom is 0.341 e. The average Bonchev–Trinajstić information content (AvgIpc) is 3.04. The number of hydrogen-bond acceptors (Lipinski definition) is 4. The van der Waals surface area contributed by atoms with E-state index in [1.165, 1.54) is 18.4 Å². The first-order chi connectivity index (χ1) is 12.7. The first-order valence-electron chi connectivity index (χ1n) is 8.07. The van der Waals surface area contributed by atoms with Crippen molar-refractivity contribution in [3.8, 4) is 0 Å². The van der Waals surface area contributed by atoms with Gasteiger partial charge in [0, 0.05) is 15.6 Å². The molecule has 0 aliphatic carbocycles. The zero-order valence-corrected chi connectivity index (χ0v) is 14.8. The fourth-order valence-electron chi connectivity index (χ4n) is 2.94. The average molecular weight is 361 g/mol. The summed E-state index contributed by atoms with van der Waals surface area (Å²) in [7, 11) is 1.34. The fraction of sp³-hybridized carbons (Fsp3) is 0.0476. The second kappa shape index (κ2) is 6.61. The lowest BCUT2D eigenvalue weighted by Crippen LogP contribution is -2.13. The Hall–Kier alpha value is -3.18. The molecular formula is C21H15NO3S. The van der Waals surface area contributed by atoms with Crippen LogP contribution >= 0.6 is 11.3 Å². The summed E-state index contributed by atoms with van der Waals surface area (Å²) >= 11 is 1.36. The molecule has 4 nitrogen and oxygen atoms in total. The number of anilines is 1. The van der Waals surface area contributed by atoms with E-state index in [1.54, 1.807) is 6.07 Å². The molecule has 4 rings (SSSR count). The van der Waals surface area contributed by atoms with Crippen LogP contribution in [0.1, 0.15) is 20.7 Å². The monoisotopic (exact) mass is 361 g/mol. The molecule has 0 aliphatic heterocycles. The normalized spacial score (nSPS) is 10.8. The quantitative estimate of drug-likeness (QED) is 0.517. The van der Waals surface area contributed by atoms with Gasteiger partial charge < -0.3 is 10.1 Å². The Morgan fingerprint density at radius 3 is 2.46 bits per heavy atom. The van der Waals surface area contributed by atoms with Crippen molar-refractivity contribution in [2.75, 3.05) is 12.4 Å². The number of carbonyl (C=O) groups is 2. The summed E-state index contributed by atoms with van der Waals surface area (Å²) in [6.45, 7) is 0. The predicted molar refractivity (Wildman–Crippen MR) is 105 cm³/mol. The minimum atomic E-state index is -0.462. The van der Waals surface area contributed by atoms with Gasteiger partial charge in [-0.25, -0.2) is 4.79 Å². The van der Waals surface area contributed by atoms with Gasteiger partial charge in [-0.2, -0.15) is 0 Å². The van der Waals surface area contributed by atoms with Crippen LogP contribution < -0.4 is 5.32 Å². The van der Waals surface area contributed by atoms with Crippen molar-refractivity contribution < 1.29 is 14.3 Å². The van der Waals surface area contributed by atoms with Crippen LogP contribution in [0.2, 0.25) is 0 Å². The highest BCUT2D eigenvalue weighted by molar-refractivity contribution is 7.23. The first-order valence-corrected chi connectivity index (χ1v) is 8.89. The Morgan fingerprint density at radius 2 is 1.65 bits per heavy atom. The van der Waals surface area contributed by atoms with Crippen molar-refractivity contribution in [1.82, 2.24) is 0 Å². The van der Waals surface area contributed by atoms with Crippen LogP contribution in [-0.2, 0) is 4.74 Å². The van der Waals surface area contributed by atoms with E-state index < -0.39 is 5.97 Å². The number of ether oxygens (including phenoxy) is 1. The van der Waals surface area contributed by atoms with Gasteiger partial charge in [0.25, 0.3) is 5.91 Å². The molecule has 0 fully saturated rings. The highest BCUT2D eigenvalue weighted by atomic mass is 32.1. The van der Waals surface area contributed by atoms with E-state index in [2.05, 4.69) is 5.32 Å². The van der Waals surface area contributed by atoms with Gasteiger partial charge in [-0.05, 0) is 29.0 Å². The maximum absolute atomic E-state index is 12.7. The highest BCUT2D eigenvalue weighted by Crippen LogP contribution is 2.36. The van der Waals surface area contributed by atoms with Crippen LogP contribution in [0.4, 0.5) is 5.00 Å². The molecule has 0 spiro atoms. The lowest BCUT2D eigenvalue weighted by atomic mass is 10.1. The highest BCUT2D eigenvalue weighted by Gasteiger charge is 2.21. The number of rotatable bonds is 3. The molecule has 1 amide bonds.